The number of ether oxygens (including phenoxy) is 1. The summed E-state index contributed by atoms with van der Waals surface area (Å²) >= 11 is 0. The number of carbonyl (C=O) groups excluding carboxylic acids is 1. The molecule has 1 amide bonds. The first kappa shape index (κ1) is 17.7. The van der Waals surface area contributed by atoms with Crippen LogP contribution in [0.1, 0.15) is 11.1 Å². The molecule has 1 aliphatic heterocycles. The van der Waals surface area contributed by atoms with E-state index in [0.29, 0.717) is 19.7 Å². The summed E-state index contributed by atoms with van der Waals surface area (Å²) in [7, 11) is -1.76. The largest absolute Gasteiger partial charge is 0.445 e. The second-order valence-electron chi connectivity index (χ2n) is 7.47. The van der Waals surface area contributed by atoms with Crippen LogP contribution in [0.2, 0.25) is 19.6 Å². The van der Waals surface area contributed by atoms with Gasteiger partial charge in [0.25, 0.3) is 0 Å². The lowest BCUT2D eigenvalue weighted by Gasteiger charge is -2.52. The van der Waals surface area contributed by atoms with Crippen molar-refractivity contribution in [2.24, 2.45) is 0 Å². The van der Waals surface area contributed by atoms with E-state index in [2.05, 4.69) is 31.8 Å². The zero-order chi connectivity index (χ0) is 17.9. The molecule has 4 nitrogen and oxygen atoms in total. The van der Waals surface area contributed by atoms with Crippen LogP contribution in [0, 0.1) is 0 Å². The van der Waals surface area contributed by atoms with Crippen molar-refractivity contribution in [3.8, 4) is 0 Å². The monoisotopic (exact) mass is 355 g/mol. The second-order valence-corrected chi connectivity index (χ2v) is 11.9. The van der Waals surface area contributed by atoms with Crippen molar-refractivity contribution in [1.82, 2.24) is 4.90 Å². The van der Waals surface area contributed by atoms with E-state index in [0.717, 1.165) is 11.1 Å². The molecule has 1 aliphatic rings. The maximum atomic E-state index is 12.3. The summed E-state index contributed by atoms with van der Waals surface area (Å²) in [6.07, 6.45) is -0.283. The van der Waals surface area contributed by atoms with Crippen LogP contribution in [0.3, 0.4) is 0 Å². The lowest BCUT2D eigenvalue weighted by Crippen LogP contribution is -2.64. The number of likely N-dealkylation sites (tertiary alicyclic amines) is 1. The molecule has 5 heteroatoms. The zero-order valence-corrected chi connectivity index (χ0v) is 16.1. The molecule has 0 N–H and O–H groups in total. The summed E-state index contributed by atoms with van der Waals surface area (Å²) in [4.78, 5) is 14.1. The summed E-state index contributed by atoms with van der Waals surface area (Å²) in [5.74, 6) is 0. The van der Waals surface area contributed by atoms with Crippen molar-refractivity contribution in [2.45, 2.75) is 31.8 Å². The Morgan fingerprint density at radius 1 is 1.00 bits per heavy atom. The molecule has 2 aromatic rings. The average Bonchev–Trinajstić information content (AvgIpc) is 2.56. The van der Waals surface area contributed by atoms with Gasteiger partial charge in [-0.2, -0.15) is 0 Å². The molecular formula is C20H25NO3Si. The summed E-state index contributed by atoms with van der Waals surface area (Å²) in [5.41, 5.74) is 1.71. The van der Waals surface area contributed by atoms with Gasteiger partial charge in [-0.15, -0.1) is 0 Å². The molecule has 0 saturated carbocycles. The van der Waals surface area contributed by atoms with Gasteiger partial charge in [0.15, 0.2) is 8.32 Å². The van der Waals surface area contributed by atoms with Gasteiger partial charge in [-0.1, -0.05) is 60.7 Å². The van der Waals surface area contributed by atoms with Gasteiger partial charge < -0.3 is 14.1 Å². The van der Waals surface area contributed by atoms with Crippen LogP contribution in [0.4, 0.5) is 4.79 Å². The summed E-state index contributed by atoms with van der Waals surface area (Å²) in [6.45, 7) is 7.89. The molecule has 3 rings (SSSR count). The highest BCUT2D eigenvalue weighted by atomic mass is 28.4. The highest BCUT2D eigenvalue weighted by Gasteiger charge is 2.50. The molecule has 0 aliphatic carbocycles. The number of carbonyl (C=O) groups is 1. The van der Waals surface area contributed by atoms with Gasteiger partial charge >= 0.3 is 6.09 Å². The number of hydrogen-bond donors (Lipinski definition) is 0. The fourth-order valence-corrected chi connectivity index (χ4v) is 4.56. The Bertz CT molecular complexity index is 707. The third kappa shape index (κ3) is 4.30. The van der Waals surface area contributed by atoms with Gasteiger partial charge in [-0.3, -0.25) is 0 Å². The zero-order valence-electron chi connectivity index (χ0n) is 15.1. The lowest BCUT2D eigenvalue weighted by molar-refractivity contribution is -0.0812. The number of benzene rings is 2. The van der Waals surface area contributed by atoms with Crippen molar-refractivity contribution in [3.05, 3.63) is 71.8 Å². The smallest absolute Gasteiger partial charge is 0.410 e. The van der Waals surface area contributed by atoms with Gasteiger partial charge in [0, 0.05) is 0 Å². The molecule has 1 fully saturated rings. The molecular weight excluding hydrogens is 330 g/mol. The summed E-state index contributed by atoms with van der Waals surface area (Å²) in [6, 6.07) is 19.9. The standard InChI is InChI=1S/C20H25NO3Si/c1-25(2,3)24-20(18-12-8-5-9-13-18)15-21(16-20)19(22)23-14-17-10-6-4-7-11-17/h4-13H,14-16H2,1-3H3. The minimum Gasteiger partial charge on any atom is -0.445 e. The van der Waals surface area contributed by atoms with Crippen LogP contribution in [-0.4, -0.2) is 32.4 Å². The Labute approximate surface area is 150 Å². The highest BCUT2D eigenvalue weighted by Crippen LogP contribution is 2.38. The molecule has 0 bridgehead atoms. The SMILES string of the molecule is C[Si](C)(C)OC1(c2ccccc2)CN(C(=O)OCc2ccccc2)C1. The normalized spacial score (nSPS) is 16.2. The molecule has 0 atom stereocenters. The molecule has 2 aromatic carbocycles. The van der Waals surface area contributed by atoms with Crippen LogP contribution in [-0.2, 0) is 21.4 Å². The first-order chi connectivity index (χ1) is 11.9. The number of amides is 1. The van der Waals surface area contributed by atoms with Crippen molar-refractivity contribution < 1.29 is 14.0 Å². The fraction of sp³-hybridized carbons (Fsp3) is 0.350. The summed E-state index contributed by atoms with van der Waals surface area (Å²) in [5, 5.41) is 0. The Balaban J connectivity index is 1.64. The molecule has 1 saturated heterocycles. The van der Waals surface area contributed by atoms with E-state index < -0.39 is 13.9 Å². The van der Waals surface area contributed by atoms with Crippen LogP contribution >= 0.6 is 0 Å². The predicted octanol–water partition coefficient (Wildman–Crippen LogP) is 4.39. The predicted molar refractivity (Wildman–Crippen MR) is 101 cm³/mol. The third-order valence-electron chi connectivity index (χ3n) is 4.16. The van der Waals surface area contributed by atoms with E-state index in [1.807, 2.05) is 48.5 Å². The highest BCUT2D eigenvalue weighted by molar-refractivity contribution is 6.69. The van der Waals surface area contributed by atoms with E-state index in [1.54, 1.807) is 4.90 Å². The Morgan fingerprint density at radius 3 is 2.12 bits per heavy atom. The first-order valence-electron chi connectivity index (χ1n) is 8.59. The van der Waals surface area contributed by atoms with Gasteiger partial charge in [0.1, 0.15) is 12.2 Å². The van der Waals surface area contributed by atoms with Gasteiger partial charge in [-0.25, -0.2) is 4.79 Å². The third-order valence-corrected chi connectivity index (χ3v) is 5.16. The topological polar surface area (TPSA) is 38.8 Å². The van der Waals surface area contributed by atoms with Crippen molar-refractivity contribution in [3.63, 3.8) is 0 Å². The molecule has 132 valence electrons. The van der Waals surface area contributed by atoms with E-state index in [9.17, 15) is 4.79 Å². The molecule has 0 spiro atoms. The number of hydrogen-bond acceptors (Lipinski definition) is 3. The van der Waals surface area contributed by atoms with Crippen LogP contribution in [0.5, 0.6) is 0 Å². The van der Waals surface area contributed by atoms with Crippen LogP contribution in [0.25, 0.3) is 0 Å². The quantitative estimate of drug-likeness (QED) is 0.747. The maximum Gasteiger partial charge on any atom is 0.410 e. The molecule has 1 heterocycles. The van der Waals surface area contributed by atoms with Crippen LogP contribution < -0.4 is 0 Å². The molecule has 0 unspecified atom stereocenters. The van der Waals surface area contributed by atoms with E-state index in [1.165, 1.54) is 0 Å². The van der Waals surface area contributed by atoms with Gasteiger partial charge in [0.2, 0.25) is 0 Å². The van der Waals surface area contributed by atoms with Crippen molar-refractivity contribution >= 4 is 14.4 Å². The second kappa shape index (κ2) is 7.02. The molecule has 0 radical (unpaired) electrons. The van der Waals surface area contributed by atoms with E-state index in [-0.39, 0.29) is 6.09 Å². The first-order valence-corrected chi connectivity index (χ1v) is 12.0. The number of nitrogens with zero attached hydrogens (tertiary/aromatic N) is 1. The van der Waals surface area contributed by atoms with E-state index in [4.69, 9.17) is 9.16 Å². The van der Waals surface area contributed by atoms with Crippen molar-refractivity contribution in [2.75, 3.05) is 13.1 Å². The Morgan fingerprint density at radius 2 is 1.56 bits per heavy atom. The Kier molecular flexibility index (Phi) is 4.97. The lowest BCUT2D eigenvalue weighted by atomic mass is 9.86. The fourth-order valence-electron chi connectivity index (χ4n) is 3.14. The molecule has 25 heavy (non-hydrogen) atoms. The summed E-state index contributed by atoms with van der Waals surface area (Å²) < 4.78 is 11.9. The average molecular weight is 356 g/mol. The van der Waals surface area contributed by atoms with E-state index >= 15 is 0 Å². The minimum absolute atomic E-state index is 0.283. The number of rotatable bonds is 5. The Hall–Kier alpha value is -2.11. The van der Waals surface area contributed by atoms with Gasteiger partial charge in [0.05, 0.1) is 13.1 Å². The maximum absolute atomic E-state index is 12.3. The van der Waals surface area contributed by atoms with Crippen LogP contribution in [0.15, 0.2) is 60.7 Å². The van der Waals surface area contributed by atoms with Crippen molar-refractivity contribution in [1.29, 1.82) is 0 Å². The van der Waals surface area contributed by atoms with Gasteiger partial charge in [-0.05, 0) is 30.8 Å². The molecule has 0 aromatic heterocycles. The minimum atomic E-state index is -1.76.